The van der Waals surface area contributed by atoms with Crippen LogP contribution in [0.1, 0.15) is 5.69 Å². The lowest BCUT2D eigenvalue weighted by molar-refractivity contribution is -0.149. The Kier molecular flexibility index (Phi) is 3.42. The first-order valence-electron chi connectivity index (χ1n) is 5.54. The van der Waals surface area contributed by atoms with Crippen molar-refractivity contribution in [3.63, 3.8) is 0 Å². The van der Waals surface area contributed by atoms with Crippen LogP contribution in [0, 0.1) is 0 Å². The van der Waals surface area contributed by atoms with Crippen LogP contribution in [0.2, 0.25) is 0 Å². The monoisotopic (exact) mass is 249 g/mol. The molecule has 0 radical (unpaired) electrons. The molecular formula is C11H15N5O2. The fraction of sp³-hybridized carbons (Fsp3) is 0.364. The Labute approximate surface area is 105 Å². The van der Waals surface area contributed by atoms with Gasteiger partial charge in [-0.15, -0.1) is 0 Å². The fourth-order valence-corrected chi connectivity index (χ4v) is 1.75. The summed E-state index contributed by atoms with van der Waals surface area (Å²) in [6.07, 6.45) is 0. The van der Waals surface area contributed by atoms with Gasteiger partial charge in [0, 0.05) is 7.05 Å². The van der Waals surface area contributed by atoms with E-state index in [1.807, 2.05) is 0 Å². The smallest absolute Gasteiger partial charge is 0.243 e. The van der Waals surface area contributed by atoms with E-state index >= 15 is 0 Å². The molecule has 1 aromatic heterocycles. The topological polar surface area (TPSA) is 91.6 Å². The Morgan fingerprint density at radius 1 is 1.33 bits per heavy atom. The van der Waals surface area contributed by atoms with E-state index in [-0.39, 0.29) is 24.9 Å². The van der Waals surface area contributed by atoms with E-state index in [0.717, 1.165) is 0 Å². The zero-order chi connectivity index (χ0) is 13.1. The van der Waals surface area contributed by atoms with Gasteiger partial charge in [0.2, 0.25) is 11.8 Å². The number of aromatic nitrogens is 1. The summed E-state index contributed by atoms with van der Waals surface area (Å²) in [5, 5.41) is 0. The van der Waals surface area contributed by atoms with Crippen molar-refractivity contribution in [1.82, 2.24) is 14.8 Å². The first-order chi connectivity index (χ1) is 8.60. The second kappa shape index (κ2) is 5.01. The maximum absolute atomic E-state index is 11.8. The third kappa shape index (κ3) is 2.57. The molecule has 1 aliphatic rings. The molecule has 2 rings (SSSR count). The third-order valence-electron chi connectivity index (χ3n) is 2.78. The zero-order valence-corrected chi connectivity index (χ0v) is 10.1. The predicted octanol–water partition coefficient (Wildman–Crippen LogP) is -0.832. The summed E-state index contributed by atoms with van der Waals surface area (Å²) in [5.41, 5.74) is 3.13. The second-order valence-corrected chi connectivity index (χ2v) is 4.16. The molecule has 0 aromatic carbocycles. The number of pyridine rings is 1. The first kappa shape index (κ1) is 12.3. The highest BCUT2D eigenvalue weighted by atomic mass is 16.2. The Bertz CT molecular complexity index is 476. The molecule has 0 saturated carbocycles. The molecule has 0 unspecified atom stereocenters. The van der Waals surface area contributed by atoms with Crippen LogP contribution < -0.4 is 11.3 Å². The van der Waals surface area contributed by atoms with Crippen molar-refractivity contribution in [2.75, 3.05) is 25.6 Å². The number of hydrazine groups is 1. The van der Waals surface area contributed by atoms with Crippen LogP contribution in [0.5, 0.6) is 0 Å². The van der Waals surface area contributed by atoms with Crippen LogP contribution in [-0.2, 0) is 16.1 Å². The molecule has 2 amide bonds. The Morgan fingerprint density at radius 2 is 2.11 bits per heavy atom. The van der Waals surface area contributed by atoms with E-state index in [1.165, 1.54) is 9.80 Å². The lowest BCUT2D eigenvalue weighted by Crippen LogP contribution is -2.51. The van der Waals surface area contributed by atoms with Gasteiger partial charge in [0.1, 0.15) is 12.4 Å². The highest BCUT2D eigenvalue weighted by Crippen LogP contribution is 2.10. The van der Waals surface area contributed by atoms with Crippen LogP contribution in [-0.4, -0.2) is 46.7 Å². The summed E-state index contributed by atoms with van der Waals surface area (Å²) in [6, 6.07) is 5.30. The molecule has 0 spiro atoms. The molecule has 1 saturated heterocycles. The number of carbonyl (C=O) groups is 2. The number of likely N-dealkylation sites (N-methyl/N-ethyl adjacent to an activating group) is 1. The van der Waals surface area contributed by atoms with E-state index in [1.54, 1.807) is 25.2 Å². The Balaban J connectivity index is 2.08. The van der Waals surface area contributed by atoms with Gasteiger partial charge in [-0.3, -0.25) is 9.59 Å². The van der Waals surface area contributed by atoms with Crippen molar-refractivity contribution >= 4 is 17.6 Å². The van der Waals surface area contributed by atoms with E-state index in [2.05, 4.69) is 10.4 Å². The van der Waals surface area contributed by atoms with Gasteiger partial charge in [0.05, 0.1) is 18.8 Å². The summed E-state index contributed by atoms with van der Waals surface area (Å²) < 4.78 is 0. The molecule has 1 aromatic rings. The molecule has 1 aliphatic heterocycles. The number of hydrogen-bond donors (Lipinski definition) is 2. The quantitative estimate of drug-likeness (QED) is 0.539. The average molecular weight is 249 g/mol. The van der Waals surface area contributed by atoms with Crippen molar-refractivity contribution in [3.05, 3.63) is 23.9 Å². The number of nitrogens with one attached hydrogen (secondary N) is 1. The van der Waals surface area contributed by atoms with E-state index < -0.39 is 0 Å². The molecule has 3 N–H and O–H groups in total. The van der Waals surface area contributed by atoms with Crippen LogP contribution in [0.4, 0.5) is 5.82 Å². The van der Waals surface area contributed by atoms with Gasteiger partial charge in [0.15, 0.2) is 0 Å². The van der Waals surface area contributed by atoms with Gasteiger partial charge in [-0.05, 0) is 12.1 Å². The number of piperazine rings is 1. The minimum Gasteiger partial charge on any atom is -0.335 e. The van der Waals surface area contributed by atoms with Crippen molar-refractivity contribution in [3.8, 4) is 0 Å². The van der Waals surface area contributed by atoms with E-state index in [0.29, 0.717) is 18.1 Å². The zero-order valence-electron chi connectivity index (χ0n) is 10.1. The minimum atomic E-state index is -0.0787. The van der Waals surface area contributed by atoms with Gasteiger partial charge >= 0.3 is 0 Å². The number of anilines is 1. The third-order valence-corrected chi connectivity index (χ3v) is 2.78. The van der Waals surface area contributed by atoms with Crippen LogP contribution >= 0.6 is 0 Å². The largest absolute Gasteiger partial charge is 0.335 e. The summed E-state index contributed by atoms with van der Waals surface area (Å²) in [5.74, 6) is 5.65. The van der Waals surface area contributed by atoms with Crippen molar-refractivity contribution in [2.45, 2.75) is 6.54 Å². The van der Waals surface area contributed by atoms with Gasteiger partial charge in [-0.2, -0.15) is 0 Å². The second-order valence-electron chi connectivity index (χ2n) is 4.16. The number of nitrogens with two attached hydrogens (primary N) is 1. The fourth-order valence-electron chi connectivity index (χ4n) is 1.75. The molecule has 0 atom stereocenters. The number of hydrogen-bond acceptors (Lipinski definition) is 5. The first-order valence-corrected chi connectivity index (χ1v) is 5.54. The van der Waals surface area contributed by atoms with Gasteiger partial charge in [-0.1, -0.05) is 6.07 Å². The van der Waals surface area contributed by atoms with Crippen molar-refractivity contribution < 1.29 is 9.59 Å². The number of carbonyl (C=O) groups excluding carboxylic acids is 2. The molecule has 1 fully saturated rings. The summed E-state index contributed by atoms with van der Waals surface area (Å²) in [7, 11) is 1.62. The van der Waals surface area contributed by atoms with E-state index in [4.69, 9.17) is 5.84 Å². The highest BCUT2D eigenvalue weighted by molar-refractivity contribution is 5.92. The molecule has 18 heavy (non-hydrogen) atoms. The van der Waals surface area contributed by atoms with Crippen LogP contribution in [0.3, 0.4) is 0 Å². The number of nitrogen functional groups attached to an aromatic ring is 1. The van der Waals surface area contributed by atoms with Crippen LogP contribution in [0.15, 0.2) is 18.2 Å². The summed E-state index contributed by atoms with van der Waals surface area (Å²) >= 11 is 0. The highest BCUT2D eigenvalue weighted by Gasteiger charge is 2.27. The van der Waals surface area contributed by atoms with Crippen molar-refractivity contribution in [2.24, 2.45) is 5.84 Å². The van der Waals surface area contributed by atoms with Crippen molar-refractivity contribution in [1.29, 1.82) is 0 Å². The van der Waals surface area contributed by atoms with Crippen LogP contribution in [0.25, 0.3) is 0 Å². The molecule has 0 bridgehead atoms. The number of nitrogens with zero attached hydrogens (tertiary/aromatic N) is 3. The normalized spacial score (nSPS) is 16.1. The SMILES string of the molecule is CN1CC(=O)N(Cc2cccc(NN)n2)CC1=O. The lowest BCUT2D eigenvalue weighted by atomic mass is 10.2. The molecule has 7 heteroatoms. The maximum atomic E-state index is 11.8. The Morgan fingerprint density at radius 3 is 2.83 bits per heavy atom. The number of rotatable bonds is 3. The summed E-state index contributed by atoms with van der Waals surface area (Å²) in [6.45, 7) is 0.527. The van der Waals surface area contributed by atoms with Gasteiger partial charge < -0.3 is 15.2 Å². The molecule has 96 valence electrons. The predicted molar refractivity (Wildman–Crippen MR) is 65.1 cm³/mol. The maximum Gasteiger partial charge on any atom is 0.243 e. The number of amides is 2. The molecule has 0 aliphatic carbocycles. The Hall–Kier alpha value is -2.15. The molecule has 2 heterocycles. The summed E-state index contributed by atoms with van der Waals surface area (Å²) in [4.78, 5) is 30.4. The molecule has 7 nitrogen and oxygen atoms in total. The minimum absolute atomic E-state index is 0.0669. The lowest BCUT2D eigenvalue weighted by Gasteiger charge is -2.31. The van der Waals surface area contributed by atoms with E-state index in [9.17, 15) is 9.59 Å². The molecular weight excluding hydrogens is 234 g/mol. The standard InChI is InChI=1S/C11H15N5O2/c1-15-6-11(18)16(7-10(15)17)5-8-3-2-4-9(13-8)14-12/h2-4H,5-7,12H2,1H3,(H,13,14). The van der Waals surface area contributed by atoms with Gasteiger partial charge in [-0.25, -0.2) is 10.8 Å². The average Bonchev–Trinajstić information content (AvgIpc) is 2.36. The van der Waals surface area contributed by atoms with Gasteiger partial charge in [0.25, 0.3) is 0 Å².